The lowest BCUT2D eigenvalue weighted by atomic mass is 10.1. The van der Waals surface area contributed by atoms with Crippen LogP contribution in [0, 0.1) is 0 Å². The van der Waals surface area contributed by atoms with Gasteiger partial charge < -0.3 is 21.1 Å². The van der Waals surface area contributed by atoms with Crippen molar-refractivity contribution in [3.63, 3.8) is 0 Å². The van der Waals surface area contributed by atoms with Gasteiger partial charge in [-0.05, 0) is 43.7 Å². The number of hydrogen-bond donors (Lipinski definition) is 3. The number of nitrogen functional groups attached to an aromatic ring is 1. The van der Waals surface area contributed by atoms with Crippen LogP contribution in [0.2, 0.25) is 0 Å². The van der Waals surface area contributed by atoms with Crippen LogP contribution in [0.3, 0.4) is 0 Å². The van der Waals surface area contributed by atoms with E-state index in [0.29, 0.717) is 22.8 Å². The first kappa shape index (κ1) is 20.9. The molecule has 4 N–H and O–H groups in total. The molecule has 0 fully saturated rings. The number of anilines is 2. The Labute approximate surface area is 175 Å². The number of carbonyl (C=O) groups excluding carboxylic acids is 1. The van der Waals surface area contributed by atoms with Gasteiger partial charge in [0.05, 0.1) is 11.4 Å². The van der Waals surface area contributed by atoms with E-state index in [1.54, 1.807) is 36.4 Å². The average molecular weight is 404 g/mol. The molecule has 0 atom stereocenters. The van der Waals surface area contributed by atoms with Crippen LogP contribution >= 0.6 is 0 Å². The molecule has 0 aliphatic heterocycles. The second-order valence-electron chi connectivity index (χ2n) is 7.16. The zero-order valence-electron chi connectivity index (χ0n) is 16.9. The highest BCUT2D eigenvalue weighted by molar-refractivity contribution is 6.05. The summed E-state index contributed by atoms with van der Waals surface area (Å²) in [5.41, 5.74) is 9.21. The van der Waals surface area contributed by atoms with Crippen molar-refractivity contribution in [3.8, 4) is 11.3 Å². The second kappa shape index (κ2) is 9.09. The number of pyridine rings is 1. The predicted octanol–water partition coefficient (Wildman–Crippen LogP) is 4.47. The molecule has 0 aliphatic rings. The lowest BCUT2D eigenvalue weighted by Gasteiger charge is -2.23. The van der Waals surface area contributed by atoms with E-state index in [2.05, 4.69) is 10.3 Å². The van der Waals surface area contributed by atoms with Gasteiger partial charge in [-0.15, -0.1) is 0 Å². The molecule has 0 aliphatic carbocycles. The van der Waals surface area contributed by atoms with Crippen LogP contribution in [0.25, 0.3) is 11.3 Å². The Morgan fingerprint density at radius 2 is 1.70 bits per heavy atom. The molecule has 0 saturated carbocycles. The number of carbonyl (C=O) groups is 2. The molecule has 0 radical (unpaired) electrons. The fraction of sp³-hybridized carbons (Fsp3) is 0.174. The van der Waals surface area contributed by atoms with Crippen LogP contribution in [0.15, 0.2) is 66.7 Å². The minimum atomic E-state index is -0.980. The molecule has 30 heavy (non-hydrogen) atoms. The maximum absolute atomic E-state index is 12.7. The predicted molar refractivity (Wildman–Crippen MR) is 117 cm³/mol. The largest absolute Gasteiger partial charge is 0.465 e. The maximum Gasteiger partial charge on any atom is 0.407 e. The van der Waals surface area contributed by atoms with Crippen LogP contribution < -0.4 is 11.1 Å². The van der Waals surface area contributed by atoms with Crippen LogP contribution in [0.1, 0.15) is 29.8 Å². The van der Waals surface area contributed by atoms with Gasteiger partial charge in [-0.2, -0.15) is 0 Å². The lowest BCUT2D eigenvalue weighted by molar-refractivity contribution is 0.102. The SMILES string of the molecule is CC(C)N(Cc1ccc(C(=O)Nc2nc(-c3ccccc3)ccc2N)cc1)C(=O)O. The van der Waals surface area contributed by atoms with E-state index in [4.69, 9.17) is 5.73 Å². The monoisotopic (exact) mass is 404 g/mol. The average Bonchev–Trinajstić information content (AvgIpc) is 2.74. The number of amides is 2. The molecular formula is C23H24N4O3. The fourth-order valence-corrected chi connectivity index (χ4v) is 2.95. The Morgan fingerprint density at radius 3 is 2.30 bits per heavy atom. The van der Waals surface area contributed by atoms with Crippen LogP contribution in [0.4, 0.5) is 16.3 Å². The Morgan fingerprint density at radius 1 is 1.03 bits per heavy atom. The third-order valence-corrected chi connectivity index (χ3v) is 4.67. The third kappa shape index (κ3) is 4.94. The molecule has 0 spiro atoms. The van der Waals surface area contributed by atoms with E-state index < -0.39 is 6.09 Å². The Hall–Kier alpha value is -3.87. The van der Waals surface area contributed by atoms with E-state index in [9.17, 15) is 14.7 Å². The summed E-state index contributed by atoms with van der Waals surface area (Å²) in [7, 11) is 0. The quantitative estimate of drug-likeness (QED) is 0.562. The van der Waals surface area contributed by atoms with Crippen molar-refractivity contribution in [2.75, 3.05) is 11.1 Å². The number of rotatable bonds is 6. The number of carboxylic acid groups (broad SMARTS) is 1. The van der Waals surface area contributed by atoms with E-state index in [1.165, 1.54) is 4.90 Å². The summed E-state index contributed by atoms with van der Waals surface area (Å²) < 4.78 is 0. The molecule has 2 amide bonds. The van der Waals surface area contributed by atoms with Gasteiger partial charge >= 0.3 is 6.09 Å². The number of benzene rings is 2. The number of nitrogens with two attached hydrogens (primary N) is 1. The van der Waals surface area contributed by atoms with Crippen LogP contribution in [0.5, 0.6) is 0 Å². The molecule has 1 aromatic heterocycles. The van der Waals surface area contributed by atoms with Crippen molar-refractivity contribution in [1.29, 1.82) is 0 Å². The molecule has 7 nitrogen and oxygen atoms in total. The first-order valence-electron chi connectivity index (χ1n) is 9.57. The van der Waals surface area contributed by atoms with Crippen molar-refractivity contribution in [2.24, 2.45) is 0 Å². The van der Waals surface area contributed by atoms with Gasteiger partial charge in [0.2, 0.25) is 0 Å². The third-order valence-electron chi connectivity index (χ3n) is 4.67. The summed E-state index contributed by atoms with van der Waals surface area (Å²) in [6.07, 6.45) is -0.980. The number of nitrogens with one attached hydrogen (secondary N) is 1. The van der Waals surface area contributed by atoms with Crippen molar-refractivity contribution in [1.82, 2.24) is 9.88 Å². The highest BCUT2D eigenvalue weighted by Gasteiger charge is 2.16. The van der Waals surface area contributed by atoms with Crippen LogP contribution in [-0.2, 0) is 6.54 Å². The summed E-state index contributed by atoms with van der Waals surface area (Å²) in [6, 6.07) is 19.8. The summed E-state index contributed by atoms with van der Waals surface area (Å²) >= 11 is 0. The molecular weight excluding hydrogens is 380 g/mol. The fourth-order valence-electron chi connectivity index (χ4n) is 2.95. The summed E-state index contributed by atoms with van der Waals surface area (Å²) in [5, 5.41) is 12.0. The minimum absolute atomic E-state index is 0.142. The summed E-state index contributed by atoms with van der Waals surface area (Å²) in [6.45, 7) is 3.89. The Bertz CT molecular complexity index is 1030. The molecule has 0 unspecified atom stereocenters. The highest BCUT2D eigenvalue weighted by atomic mass is 16.4. The second-order valence-corrected chi connectivity index (χ2v) is 7.16. The first-order valence-corrected chi connectivity index (χ1v) is 9.57. The maximum atomic E-state index is 12.7. The lowest BCUT2D eigenvalue weighted by Crippen LogP contribution is -2.35. The van der Waals surface area contributed by atoms with Crippen molar-refractivity contribution < 1.29 is 14.7 Å². The normalized spacial score (nSPS) is 10.6. The van der Waals surface area contributed by atoms with Crippen molar-refractivity contribution >= 4 is 23.5 Å². The molecule has 3 aromatic rings. The number of aromatic nitrogens is 1. The van der Waals surface area contributed by atoms with E-state index >= 15 is 0 Å². The molecule has 3 rings (SSSR count). The van der Waals surface area contributed by atoms with E-state index in [0.717, 1.165) is 11.1 Å². The zero-order valence-corrected chi connectivity index (χ0v) is 16.9. The molecule has 0 saturated heterocycles. The van der Waals surface area contributed by atoms with Gasteiger partial charge in [-0.1, -0.05) is 42.5 Å². The minimum Gasteiger partial charge on any atom is -0.465 e. The van der Waals surface area contributed by atoms with Crippen LogP contribution in [-0.4, -0.2) is 33.0 Å². The summed E-state index contributed by atoms with van der Waals surface area (Å²) in [5.74, 6) is -0.0489. The van der Waals surface area contributed by atoms with Gasteiger partial charge in [-0.25, -0.2) is 9.78 Å². The topological polar surface area (TPSA) is 109 Å². The van der Waals surface area contributed by atoms with E-state index in [1.807, 2.05) is 44.2 Å². The standard InChI is InChI=1S/C23H24N4O3/c1-15(2)27(23(29)30)14-16-8-10-18(11-9-16)22(28)26-21-19(24)12-13-20(25-21)17-6-4-3-5-7-17/h3-13,15H,14,24H2,1-2H3,(H,29,30)(H,25,26,28). The van der Waals surface area contributed by atoms with E-state index in [-0.39, 0.29) is 18.5 Å². The van der Waals surface area contributed by atoms with Crippen molar-refractivity contribution in [3.05, 3.63) is 77.9 Å². The highest BCUT2D eigenvalue weighted by Crippen LogP contribution is 2.23. The molecule has 1 heterocycles. The Kier molecular flexibility index (Phi) is 6.32. The Balaban J connectivity index is 1.74. The van der Waals surface area contributed by atoms with Crippen molar-refractivity contribution in [2.45, 2.75) is 26.4 Å². The number of hydrogen-bond acceptors (Lipinski definition) is 4. The van der Waals surface area contributed by atoms with Gasteiger partial charge in [0.15, 0.2) is 5.82 Å². The van der Waals surface area contributed by atoms with Gasteiger partial charge in [0, 0.05) is 23.7 Å². The first-order chi connectivity index (χ1) is 14.3. The molecule has 2 aromatic carbocycles. The number of nitrogens with zero attached hydrogens (tertiary/aromatic N) is 2. The van der Waals surface area contributed by atoms with Gasteiger partial charge in [-0.3, -0.25) is 4.79 Å². The summed E-state index contributed by atoms with van der Waals surface area (Å²) in [4.78, 5) is 29.8. The molecule has 7 heteroatoms. The molecule has 0 bridgehead atoms. The van der Waals surface area contributed by atoms with Gasteiger partial charge in [0.1, 0.15) is 0 Å². The van der Waals surface area contributed by atoms with Gasteiger partial charge in [0.25, 0.3) is 5.91 Å². The zero-order chi connectivity index (χ0) is 21.7. The molecule has 154 valence electrons. The smallest absolute Gasteiger partial charge is 0.407 e.